The first-order chi connectivity index (χ1) is 8.08. The highest BCUT2D eigenvalue weighted by Gasteiger charge is 2.26. The number of carbonyl (C=O) groups is 2. The van der Waals surface area contributed by atoms with Crippen LogP contribution in [-0.2, 0) is 0 Å². The molecule has 0 radical (unpaired) electrons. The van der Waals surface area contributed by atoms with Gasteiger partial charge in [0.05, 0.1) is 6.54 Å². The fourth-order valence-electron chi connectivity index (χ4n) is 1.75. The van der Waals surface area contributed by atoms with Gasteiger partial charge in [-0.05, 0) is 34.7 Å². The highest BCUT2D eigenvalue weighted by molar-refractivity contribution is 14.1. The van der Waals surface area contributed by atoms with E-state index < -0.39 is 0 Å². The monoisotopic (exact) mass is 344 g/mol. The molecule has 17 heavy (non-hydrogen) atoms. The molecule has 1 fully saturated rings. The van der Waals surface area contributed by atoms with Crippen molar-refractivity contribution in [2.75, 3.05) is 26.7 Å². The molecule has 0 unspecified atom stereocenters. The van der Waals surface area contributed by atoms with Gasteiger partial charge < -0.3 is 9.80 Å². The van der Waals surface area contributed by atoms with Gasteiger partial charge in [-0.2, -0.15) is 0 Å². The Morgan fingerprint density at radius 1 is 1.29 bits per heavy atom. The van der Waals surface area contributed by atoms with Crippen molar-refractivity contribution in [1.82, 2.24) is 9.80 Å². The molecule has 1 heterocycles. The van der Waals surface area contributed by atoms with Gasteiger partial charge >= 0.3 is 6.03 Å². The fraction of sp³-hybridized carbons (Fsp3) is 0.333. The second kappa shape index (κ2) is 5.03. The average molecular weight is 344 g/mol. The van der Waals surface area contributed by atoms with Crippen molar-refractivity contribution in [2.24, 2.45) is 0 Å². The predicted molar refractivity (Wildman–Crippen MR) is 73.1 cm³/mol. The van der Waals surface area contributed by atoms with E-state index >= 15 is 0 Å². The van der Waals surface area contributed by atoms with Crippen molar-refractivity contribution >= 4 is 34.4 Å². The number of likely N-dealkylation sites (N-methyl/N-ethyl adjacent to an activating group) is 1. The number of carbonyl (C=O) groups excluding carboxylic acids is 2. The van der Waals surface area contributed by atoms with Crippen molar-refractivity contribution in [2.45, 2.75) is 0 Å². The van der Waals surface area contributed by atoms with Crippen LogP contribution in [0.5, 0.6) is 0 Å². The summed E-state index contributed by atoms with van der Waals surface area (Å²) >= 11 is 2.19. The summed E-state index contributed by atoms with van der Waals surface area (Å²) in [5, 5.41) is 0. The predicted octanol–water partition coefficient (Wildman–Crippen LogP) is 1.84. The molecule has 90 valence electrons. The molecule has 0 atom stereocenters. The van der Waals surface area contributed by atoms with Gasteiger partial charge in [-0.25, -0.2) is 4.79 Å². The molecule has 0 spiro atoms. The summed E-state index contributed by atoms with van der Waals surface area (Å²) in [5.41, 5.74) is 0.660. The topological polar surface area (TPSA) is 40.6 Å². The molecule has 0 saturated carbocycles. The molecule has 1 aromatic carbocycles. The first kappa shape index (κ1) is 12.3. The minimum Gasteiger partial charge on any atom is -0.326 e. The van der Waals surface area contributed by atoms with Crippen LogP contribution in [-0.4, -0.2) is 48.3 Å². The first-order valence-corrected chi connectivity index (χ1v) is 6.44. The van der Waals surface area contributed by atoms with Crippen LogP contribution in [0.1, 0.15) is 10.4 Å². The molecule has 1 saturated heterocycles. The summed E-state index contributed by atoms with van der Waals surface area (Å²) in [7, 11) is 1.75. The molecule has 5 heteroatoms. The van der Waals surface area contributed by atoms with Gasteiger partial charge in [0.2, 0.25) is 0 Å². The maximum atomic E-state index is 11.9. The van der Waals surface area contributed by atoms with E-state index in [2.05, 4.69) is 22.6 Å². The molecular weight excluding hydrogens is 331 g/mol. The Morgan fingerprint density at radius 3 is 2.47 bits per heavy atom. The Bertz CT molecular complexity index is 444. The van der Waals surface area contributed by atoms with Gasteiger partial charge in [-0.3, -0.25) is 4.79 Å². The normalized spacial score (nSPS) is 15.5. The zero-order valence-corrected chi connectivity index (χ0v) is 11.7. The number of Topliss-reactive ketones (excluding diaryl/α,β-unsaturated/α-hetero) is 1. The summed E-state index contributed by atoms with van der Waals surface area (Å²) in [5.74, 6) is -0.00921. The summed E-state index contributed by atoms with van der Waals surface area (Å²) in [4.78, 5) is 26.8. The maximum Gasteiger partial charge on any atom is 0.320 e. The summed E-state index contributed by atoms with van der Waals surface area (Å²) < 4.78 is 1.09. The van der Waals surface area contributed by atoms with Crippen LogP contribution in [0.25, 0.3) is 0 Å². The number of urea groups is 1. The Hall–Kier alpha value is -1.11. The SMILES string of the molecule is CN1CCN(CC(=O)c2ccc(I)cc2)C1=O. The number of hydrogen-bond acceptors (Lipinski definition) is 2. The van der Waals surface area contributed by atoms with Gasteiger partial charge in [0.25, 0.3) is 0 Å². The third-order valence-corrected chi connectivity index (χ3v) is 3.52. The number of halogens is 1. The van der Waals surface area contributed by atoms with Crippen molar-refractivity contribution in [3.8, 4) is 0 Å². The summed E-state index contributed by atoms with van der Waals surface area (Å²) in [6, 6.07) is 7.32. The third kappa shape index (κ3) is 2.77. The highest BCUT2D eigenvalue weighted by atomic mass is 127. The number of amides is 2. The highest BCUT2D eigenvalue weighted by Crippen LogP contribution is 2.10. The Kier molecular flexibility index (Phi) is 3.66. The van der Waals surface area contributed by atoms with E-state index in [1.165, 1.54) is 0 Å². The number of benzene rings is 1. The molecule has 0 aromatic heterocycles. The van der Waals surface area contributed by atoms with Crippen LogP contribution in [0.4, 0.5) is 4.79 Å². The average Bonchev–Trinajstić information content (AvgIpc) is 2.62. The van der Waals surface area contributed by atoms with E-state index in [1.807, 2.05) is 12.1 Å². The van der Waals surface area contributed by atoms with Gasteiger partial charge in [0, 0.05) is 29.3 Å². The molecule has 1 aromatic rings. The van der Waals surface area contributed by atoms with Gasteiger partial charge in [-0.15, -0.1) is 0 Å². The van der Waals surface area contributed by atoms with E-state index in [-0.39, 0.29) is 18.4 Å². The van der Waals surface area contributed by atoms with Gasteiger partial charge in [0.1, 0.15) is 0 Å². The summed E-state index contributed by atoms with van der Waals surface area (Å²) in [6.07, 6.45) is 0. The van der Waals surface area contributed by atoms with E-state index in [9.17, 15) is 9.59 Å². The molecule has 1 aliphatic rings. The Balaban J connectivity index is 2.02. The maximum absolute atomic E-state index is 11.9. The molecular formula is C12H13IN2O2. The second-order valence-corrected chi connectivity index (χ2v) is 5.30. The van der Waals surface area contributed by atoms with E-state index in [0.29, 0.717) is 18.7 Å². The molecule has 0 bridgehead atoms. The molecule has 2 amide bonds. The first-order valence-electron chi connectivity index (χ1n) is 5.37. The standard InChI is InChI=1S/C12H13IN2O2/c1-14-6-7-15(12(14)17)8-11(16)9-2-4-10(13)5-3-9/h2-5H,6-8H2,1H3. The van der Waals surface area contributed by atoms with Crippen molar-refractivity contribution in [3.05, 3.63) is 33.4 Å². The van der Waals surface area contributed by atoms with Crippen LogP contribution in [0.15, 0.2) is 24.3 Å². The van der Waals surface area contributed by atoms with E-state index in [4.69, 9.17) is 0 Å². The lowest BCUT2D eigenvalue weighted by Crippen LogP contribution is -2.33. The molecule has 0 aliphatic carbocycles. The number of rotatable bonds is 3. The lowest BCUT2D eigenvalue weighted by atomic mass is 10.1. The van der Waals surface area contributed by atoms with E-state index in [0.717, 1.165) is 3.57 Å². The smallest absolute Gasteiger partial charge is 0.320 e. The van der Waals surface area contributed by atoms with Gasteiger partial charge in [0.15, 0.2) is 5.78 Å². The molecule has 0 N–H and O–H groups in total. The minimum atomic E-state index is -0.0659. The van der Waals surface area contributed by atoms with E-state index in [1.54, 1.807) is 29.0 Å². The lowest BCUT2D eigenvalue weighted by molar-refractivity contribution is 0.0952. The zero-order chi connectivity index (χ0) is 12.4. The quantitative estimate of drug-likeness (QED) is 0.620. The van der Waals surface area contributed by atoms with Crippen molar-refractivity contribution in [3.63, 3.8) is 0 Å². The summed E-state index contributed by atoms with van der Waals surface area (Å²) in [6.45, 7) is 1.49. The van der Waals surface area contributed by atoms with Crippen molar-refractivity contribution < 1.29 is 9.59 Å². The number of nitrogens with zero attached hydrogens (tertiary/aromatic N) is 2. The Morgan fingerprint density at radius 2 is 1.94 bits per heavy atom. The number of hydrogen-bond donors (Lipinski definition) is 0. The van der Waals surface area contributed by atoms with Crippen LogP contribution in [0, 0.1) is 3.57 Å². The van der Waals surface area contributed by atoms with Crippen LogP contribution >= 0.6 is 22.6 Å². The minimum absolute atomic E-state index is 0.00921. The van der Waals surface area contributed by atoms with Crippen LogP contribution in [0.2, 0.25) is 0 Å². The lowest BCUT2D eigenvalue weighted by Gasteiger charge is -2.14. The van der Waals surface area contributed by atoms with Crippen LogP contribution < -0.4 is 0 Å². The molecule has 1 aliphatic heterocycles. The molecule has 2 rings (SSSR count). The van der Waals surface area contributed by atoms with Crippen LogP contribution in [0.3, 0.4) is 0 Å². The third-order valence-electron chi connectivity index (χ3n) is 2.80. The second-order valence-electron chi connectivity index (χ2n) is 4.06. The van der Waals surface area contributed by atoms with Crippen molar-refractivity contribution in [1.29, 1.82) is 0 Å². The Labute approximate surface area is 114 Å². The largest absolute Gasteiger partial charge is 0.326 e. The van der Waals surface area contributed by atoms with Gasteiger partial charge in [-0.1, -0.05) is 12.1 Å². The zero-order valence-electron chi connectivity index (χ0n) is 9.52. The molecule has 4 nitrogen and oxygen atoms in total. The fourth-order valence-corrected chi connectivity index (χ4v) is 2.11. The number of ketones is 1.